The SMILES string of the molecule is CS(=O)(=O)c1ccc(NCCNC(=O)c2cc(Br)ccc2F)c([N+](=O)[O-])c1. The number of sulfone groups is 1. The van der Waals surface area contributed by atoms with E-state index < -0.39 is 32.2 Å². The Morgan fingerprint density at radius 1 is 1.22 bits per heavy atom. The van der Waals surface area contributed by atoms with Crippen LogP contribution in [0.15, 0.2) is 45.8 Å². The molecular formula is C16H15BrFN3O5S. The molecule has 144 valence electrons. The minimum absolute atomic E-state index is 0.0652. The second kappa shape index (κ2) is 8.44. The lowest BCUT2D eigenvalue weighted by molar-refractivity contribution is -0.384. The summed E-state index contributed by atoms with van der Waals surface area (Å²) in [5.74, 6) is -1.30. The fourth-order valence-corrected chi connectivity index (χ4v) is 3.18. The topological polar surface area (TPSA) is 118 Å². The number of nitro groups is 1. The van der Waals surface area contributed by atoms with Crippen molar-refractivity contribution in [2.24, 2.45) is 0 Å². The number of nitrogens with zero attached hydrogens (tertiary/aromatic N) is 1. The summed E-state index contributed by atoms with van der Waals surface area (Å²) in [4.78, 5) is 22.3. The van der Waals surface area contributed by atoms with Crippen LogP contribution >= 0.6 is 15.9 Å². The molecule has 0 saturated heterocycles. The summed E-state index contributed by atoms with van der Waals surface area (Å²) >= 11 is 3.15. The highest BCUT2D eigenvalue weighted by atomic mass is 79.9. The second-order valence-electron chi connectivity index (χ2n) is 5.52. The fraction of sp³-hybridized carbons (Fsp3) is 0.188. The number of nitrogens with one attached hydrogen (secondary N) is 2. The quantitative estimate of drug-likeness (QED) is 0.373. The van der Waals surface area contributed by atoms with E-state index in [9.17, 15) is 27.7 Å². The predicted molar refractivity (Wildman–Crippen MR) is 101 cm³/mol. The molecule has 0 fully saturated rings. The van der Waals surface area contributed by atoms with Crippen molar-refractivity contribution in [1.29, 1.82) is 0 Å². The van der Waals surface area contributed by atoms with Crippen LogP contribution in [-0.2, 0) is 9.84 Å². The Bertz CT molecular complexity index is 998. The van der Waals surface area contributed by atoms with Gasteiger partial charge in [0.1, 0.15) is 11.5 Å². The van der Waals surface area contributed by atoms with Gasteiger partial charge < -0.3 is 10.6 Å². The van der Waals surface area contributed by atoms with Gasteiger partial charge in [-0.15, -0.1) is 0 Å². The lowest BCUT2D eigenvalue weighted by Crippen LogP contribution is -2.29. The van der Waals surface area contributed by atoms with Crippen LogP contribution in [0.25, 0.3) is 0 Å². The van der Waals surface area contributed by atoms with E-state index in [0.717, 1.165) is 18.4 Å². The number of halogens is 2. The first-order valence-corrected chi connectivity index (χ1v) is 10.2. The number of hydrogen-bond acceptors (Lipinski definition) is 6. The molecule has 2 N–H and O–H groups in total. The number of benzene rings is 2. The molecule has 0 aliphatic rings. The molecule has 2 aromatic rings. The summed E-state index contributed by atoms with van der Waals surface area (Å²) in [7, 11) is -3.58. The largest absolute Gasteiger partial charge is 0.378 e. The number of carbonyl (C=O) groups is 1. The third-order valence-electron chi connectivity index (χ3n) is 3.49. The normalized spacial score (nSPS) is 11.1. The van der Waals surface area contributed by atoms with Crippen LogP contribution < -0.4 is 10.6 Å². The van der Waals surface area contributed by atoms with Gasteiger partial charge >= 0.3 is 0 Å². The summed E-state index contributed by atoms with van der Waals surface area (Å²) in [6.45, 7) is 0.177. The Labute approximate surface area is 163 Å². The van der Waals surface area contributed by atoms with E-state index in [-0.39, 0.29) is 29.2 Å². The third-order valence-corrected chi connectivity index (χ3v) is 5.10. The van der Waals surface area contributed by atoms with Gasteiger partial charge in [-0.3, -0.25) is 14.9 Å². The van der Waals surface area contributed by atoms with Crippen molar-refractivity contribution in [2.75, 3.05) is 24.7 Å². The van der Waals surface area contributed by atoms with Crippen LogP contribution in [0.1, 0.15) is 10.4 Å². The van der Waals surface area contributed by atoms with Crippen LogP contribution in [0.5, 0.6) is 0 Å². The van der Waals surface area contributed by atoms with Crippen molar-refractivity contribution < 1.29 is 22.5 Å². The van der Waals surface area contributed by atoms with Crippen LogP contribution in [0.4, 0.5) is 15.8 Å². The average Bonchev–Trinajstić information content (AvgIpc) is 2.59. The summed E-state index contributed by atoms with van der Waals surface area (Å²) in [6.07, 6.45) is 0.954. The first-order chi connectivity index (χ1) is 12.6. The van der Waals surface area contributed by atoms with Gasteiger partial charge in [0.15, 0.2) is 9.84 Å². The van der Waals surface area contributed by atoms with Gasteiger partial charge in [-0.25, -0.2) is 12.8 Å². The van der Waals surface area contributed by atoms with E-state index in [0.29, 0.717) is 4.47 Å². The molecule has 27 heavy (non-hydrogen) atoms. The molecule has 0 radical (unpaired) electrons. The van der Waals surface area contributed by atoms with Gasteiger partial charge in [-0.1, -0.05) is 15.9 Å². The van der Waals surface area contributed by atoms with Crippen LogP contribution in [0, 0.1) is 15.9 Å². The molecule has 0 saturated carbocycles. The minimum atomic E-state index is -3.58. The van der Waals surface area contributed by atoms with E-state index in [1.54, 1.807) is 0 Å². The molecular weight excluding hydrogens is 445 g/mol. The molecule has 2 aromatic carbocycles. The van der Waals surface area contributed by atoms with Crippen molar-refractivity contribution >= 4 is 43.0 Å². The van der Waals surface area contributed by atoms with Crippen LogP contribution in [0.3, 0.4) is 0 Å². The van der Waals surface area contributed by atoms with E-state index in [2.05, 4.69) is 26.6 Å². The van der Waals surface area contributed by atoms with E-state index in [1.807, 2.05) is 0 Å². The monoisotopic (exact) mass is 459 g/mol. The van der Waals surface area contributed by atoms with Crippen molar-refractivity contribution in [1.82, 2.24) is 5.32 Å². The van der Waals surface area contributed by atoms with E-state index in [4.69, 9.17) is 0 Å². The Balaban J connectivity index is 2.02. The highest BCUT2D eigenvalue weighted by Crippen LogP contribution is 2.27. The van der Waals surface area contributed by atoms with Gasteiger partial charge in [0.05, 0.1) is 15.4 Å². The van der Waals surface area contributed by atoms with Gasteiger partial charge in [-0.05, 0) is 30.3 Å². The highest BCUT2D eigenvalue weighted by Gasteiger charge is 2.18. The molecule has 0 atom stereocenters. The molecule has 11 heteroatoms. The third kappa shape index (κ3) is 5.47. The zero-order valence-electron chi connectivity index (χ0n) is 14.0. The van der Waals surface area contributed by atoms with Crippen LogP contribution in [-0.4, -0.2) is 38.6 Å². The number of anilines is 1. The molecule has 0 aromatic heterocycles. The molecule has 0 spiro atoms. The Morgan fingerprint density at radius 2 is 1.93 bits per heavy atom. The molecule has 2 rings (SSSR count). The molecule has 0 bridgehead atoms. The van der Waals surface area contributed by atoms with Crippen molar-refractivity contribution in [2.45, 2.75) is 4.90 Å². The van der Waals surface area contributed by atoms with Crippen molar-refractivity contribution in [3.63, 3.8) is 0 Å². The van der Waals surface area contributed by atoms with Crippen molar-refractivity contribution in [3.8, 4) is 0 Å². The second-order valence-corrected chi connectivity index (χ2v) is 8.45. The van der Waals surface area contributed by atoms with Crippen molar-refractivity contribution in [3.05, 3.63) is 62.4 Å². The van der Waals surface area contributed by atoms with E-state index in [1.165, 1.54) is 24.3 Å². The summed E-state index contributed by atoms with van der Waals surface area (Å²) in [6, 6.07) is 7.46. The molecule has 0 heterocycles. The van der Waals surface area contributed by atoms with Gasteiger partial charge in [0.25, 0.3) is 11.6 Å². The standard InChI is InChI=1S/C16H15BrFN3O5S/c1-27(25,26)11-3-5-14(15(9-11)21(23)24)19-6-7-20-16(22)12-8-10(17)2-4-13(12)18/h2-5,8-9,19H,6-7H2,1H3,(H,20,22). The predicted octanol–water partition coefficient (Wildman–Crippen LogP) is 2.74. The zero-order valence-corrected chi connectivity index (χ0v) is 16.4. The van der Waals surface area contributed by atoms with Gasteiger partial charge in [0.2, 0.25) is 0 Å². The maximum Gasteiger partial charge on any atom is 0.293 e. The molecule has 0 aliphatic carbocycles. The van der Waals surface area contributed by atoms with Gasteiger partial charge in [-0.2, -0.15) is 0 Å². The molecule has 1 amide bonds. The number of amides is 1. The average molecular weight is 460 g/mol. The van der Waals surface area contributed by atoms with E-state index >= 15 is 0 Å². The summed E-state index contributed by atoms with van der Waals surface area (Å²) < 4.78 is 37.2. The Morgan fingerprint density at radius 3 is 2.56 bits per heavy atom. The fourth-order valence-electron chi connectivity index (χ4n) is 2.18. The number of rotatable bonds is 7. The number of hydrogen-bond donors (Lipinski definition) is 2. The number of carbonyl (C=O) groups excluding carboxylic acids is 1. The highest BCUT2D eigenvalue weighted by molar-refractivity contribution is 9.10. The summed E-state index contributed by atoms with van der Waals surface area (Å²) in [5.41, 5.74) is -0.426. The van der Waals surface area contributed by atoms with Gasteiger partial charge in [0, 0.05) is 29.9 Å². The zero-order chi connectivity index (χ0) is 20.2. The first kappa shape index (κ1) is 20.8. The van der Waals surface area contributed by atoms with Crippen LogP contribution in [0.2, 0.25) is 0 Å². The summed E-state index contributed by atoms with van der Waals surface area (Å²) in [5, 5.41) is 16.4. The Kier molecular flexibility index (Phi) is 6.50. The molecule has 0 aliphatic heterocycles. The lowest BCUT2D eigenvalue weighted by Gasteiger charge is -2.10. The first-order valence-electron chi connectivity index (χ1n) is 7.55. The molecule has 0 unspecified atom stereocenters. The Hall–Kier alpha value is -2.53. The molecule has 8 nitrogen and oxygen atoms in total. The lowest BCUT2D eigenvalue weighted by atomic mass is 10.2. The number of nitro benzene ring substituents is 1. The smallest absolute Gasteiger partial charge is 0.293 e. The maximum absolute atomic E-state index is 13.6. The maximum atomic E-state index is 13.6. The minimum Gasteiger partial charge on any atom is -0.378 e.